The Kier molecular flexibility index (Phi) is 39.4. The molecule has 0 aromatic carbocycles. The van der Waals surface area contributed by atoms with E-state index in [0.29, 0.717) is 12.8 Å². The minimum atomic E-state index is -4.72. The number of hydrogen-bond donors (Lipinski definition) is 3. The van der Waals surface area contributed by atoms with Gasteiger partial charge in [-0.3, -0.25) is 23.4 Å². The van der Waals surface area contributed by atoms with Crippen LogP contribution in [0.25, 0.3) is 0 Å². The van der Waals surface area contributed by atoms with Crippen molar-refractivity contribution in [1.29, 1.82) is 0 Å². The fourth-order valence-corrected chi connectivity index (χ4v) is 6.79. The smallest absolute Gasteiger partial charge is 0.472 e. The number of aliphatic carboxylic acids is 1. The van der Waals surface area contributed by atoms with Crippen LogP contribution in [0.1, 0.15) is 194 Å². The second-order valence-electron chi connectivity index (χ2n) is 15.1. The third-order valence-corrected chi connectivity index (χ3v) is 10.5. The van der Waals surface area contributed by atoms with Crippen LogP contribution in [0.2, 0.25) is 0 Å². The Hall–Kier alpha value is -2.56. The standard InChI is InChI=1S/C46H82NO10P/c1-3-5-7-9-11-13-15-17-19-20-21-22-24-26-28-30-32-34-36-38-45(49)57-42(40-55-58(52,53)56-41-43(47)46(50)51)39-54-44(48)37-35-33-31-29-27-25-23-18-16-14-12-10-8-6-4-2/h6,8,12,14,17-19,23,42-43H,3-5,7,9-11,13,15-16,20-22,24-41,47H2,1-2H3,(H,50,51)(H,52,53)/b8-6+,14-12+,19-17+,23-18+/t42-,43+/m1/s1. The molecular formula is C46H82NO10P. The summed E-state index contributed by atoms with van der Waals surface area (Å²) in [5.41, 5.74) is 5.34. The summed E-state index contributed by atoms with van der Waals surface area (Å²) in [5, 5.41) is 8.89. The third kappa shape index (κ3) is 40.2. The molecule has 58 heavy (non-hydrogen) atoms. The van der Waals surface area contributed by atoms with Crippen molar-refractivity contribution in [1.82, 2.24) is 0 Å². The maximum Gasteiger partial charge on any atom is 0.472 e. The quantitative estimate of drug-likeness (QED) is 0.0231. The highest BCUT2D eigenvalue weighted by Gasteiger charge is 2.28. The molecule has 0 aliphatic carbocycles. The zero-order chi connectivity index (χ0) is 42.8. The largest absolute Gasteiger partial charge is 0.480 e. The van der Waals surface area contributed by atoms with E-state index >= 15 is 0 Å². The number of ether oxygens (including phenoxy) is 2. The van der Waals surface area contributed by atoms with E-state index in [1.807, 2.05) is 0 Å². The van der Waals surface area contributed by atoms with Gasteiger partial charge in [-0.15, -0.1) is 0 Å². The molecule has 4 N–H and O–H groups in total. The first-order valence-electron chi connectivity index (χ1n) is 22.7. The molecule has 0 aromatic heterocycles. The van der Waals surface area contributed by atoms with Crippen molar-refractivity contribution < 1.29 is 47.5 Å². The summed E-state index contributed by atoms with van der Waals surface area (Å²) in [6.07, 6.45) is 46.0. The van der Waals surface area contributed by atoms with Crippen LogP contribution in [0, 0.1) is 0 Å². The first kappa shape index (κ1) is 55.4. The summed E-state index contributed by atoms with van der Waals surface area (Å²) >= 11 is 0. The van der Waals surface area contributed by atoms with E-state index in [2.05, 4.69) is 67.0 Å². The molecule has 3 atom stereocenters. The molecule has 0 aromatic rings. The summed E-state index contributed by atoms with van der Waals surface area (Å²) in [6, 6.07) is -1.53. The Bertz CT molecular complexity index is 1170. The van der Waals surface area contributed by atoms with E-state index in [9.17, 15) is 23.8 Å². The topological polar surface area (TPSA) is 172 Å². The van der Waals surface area contributed by atoms with E-state index in [-0.39, 0.29) is 19.4 Å². The molecule has 1 unspecified atom stereocenters. The number of hydrogen-bond acceptors (Lipinski definition) is 9. The lowest BCUT2D eigenvalue weighted by Crippen LogP contribution is -2.34. The fourth-order valence-electron chi connectivity index (χ4n) is 6.02. The van der Waals surface area contributed by atoms with Gasteiger partial charge in [0, 0.05) is 12.8 Å². The Morgan fingerprint density at radius 1 is 0.552 bits per heavy atom. The normalized spacial score (nSPS) is 14.1. The number of carbonyl (C=O) groups is 3. The van der Waals surface area contributed by atoms with Gasteiger partial charge in [0.05, 0.1) is 13.2 Å². The van der Waals surface area contributed by atoms with Crippen LogP contribution >= 0.6 is 7.82 Å². The maximum absolute atomic E-state index is 12.6. The number of phosphoric ester groups is 1. The molecule has 0 bridgehead atoms. The van der Waals surface area contributed by atoms with Crippen LogP contribution in [0.15, 0.2) is 48.6 Å². The minimum absolute atomic E-state index is 0.154. The highest BCUT2D eigenvalue weighted by molar-refractivity contribution is 7.47. The average Bonchev–Trinajstić information content (AvgIpc) is 3.20. The van der Waals surface area contributed by atoms with Crippen LogP contribution in [-0.4, -0.2) is 59.9 Å². The van der Waals surface area contributed by atoms with Crippen LogP contribution < -0.4 is 5.73 Å². The van der Waals surface area contributed by atoms with Crippen LogP contribution in [-0.2, 0) is 37.5 Å². The van der Waals surface area contributed by atoms with Gasteiger partial charge in [0.1, 0.15) is 12.6 Å². The molecular weight excluding hydrogens is 757 g/mol. The zero-order valence-electron chi connectivity index (χ0n) is 36.4. The van der Waals surface area contributed by atoms with Gasteiger partial charge in [0.2, 0.25) is 0 Å². The zero-order valence-corrected chi connectivity index (χ0v) is 37.3. The lowest BCUT2D eigenvalue weighted by molar-refractivity contribution is -0.161. The van der Waals surface area contributed by atoms with Crippen molar-refractivity contribution in [2.24, 2.45) is 5.73 Å². The predicted octanol–water partition coefficient (Wildman–Crippen LogP) is 12.2. The number of allylic oxidation sites excluding steroid dienone is 8. The summed E-state index contributed by atoms with van der Waals surface area (Å²) in [6.45, 7) is 2.67. The van der Waals surface area contributed by atoms with Gasteiger partial charge in [0.15, 0.2) is 6.10 Å². The SMILES string of the molecule is CC/C=C/C/C=C/C/C=C/CCCCCCCC(=O)OC[C@H](COP(=O)(O)OC[C@H](N)C(=O)O)OC(=O)CCCCCCCCCCC/C=C/CCCCCCCC. The molecule has 0 aliphatic rings. The van der Waals surface area contributed by atoms with Gasteiger partial charge >= 0.3 is 25.7 Å². The van der Waals surface area contributed by atoms with Gasteiger partial charge < -0.3 is 25.2 Å². The van der Waals surface area contributed by atoms with E-state index in [4.69, 9.17) is 24.8 Å². The Balaban J connectivity index is 4.34. The van der Waals surface area contributed by atoms with Gasteiger partial charge in [0.25, 0.3) is 0 Å². The molecule has 12 heteroatoms. The molecule has 0 radical (unpaired) electrons. The number of carboxylic acids is 1. The molecule has 0 fully saturated rings. The number of esters is 2. The van der Waals surface area contributed by atoms with Crippen LogP contribution in [0.4, 0.5) is 0 Å². The molecule has 0 saturated carbocycles. The lowest BCUT2D eigenvalue weighted by Gasteiger charge is -2.20. The van der Waals surface area contributed by atoms with Crippen molar-refractivity contribution in [3.05, 3.63) is 48.6 Å². The number of unbranched alkanes of at least 4 members (excludes halogenated alkanes) is 20. The monoisotopic (exact) mass is 840 g/mol. The second-order valence-corrected chi connectivity index (χ2v) is 16.6. The van der Waals surface area contributed by atoms with Gasteiger partial charge in [-0.2, -0.15) is 0 Å². The summed E-state index contributed by atoms with van der Waals surface area (Å²) < 4.78 is 32.7. The van der Waals surface area contributed by atoms with Crippen molar-refractivity contribution in [3.63, 3.8) is 0 Å². The van der Waals surface area contributed by atoms with Crippen molar-refractivity contribution in [2.75, 3.05) is 19.8 Å². The number of nitrogens with two attached hydrogens (primary N) is 1. The number of rotatable bonds is 42. The Morgan fingerprint density at radius 2 is 0.966 bits per heavy atom. The van der Waals surface area contributed by atoms with E-state index in [1.54, 1.807) is 0 Å². The molecule has 0 spiro atoms. The minimum Gasteiger partial charge on any atom is -0.480 e. The van der Waals surface area contributed by atoms with Crippen molar-refractivity contribution >= 4 is 25.7 Å². The first-order chi connectivity index (χ1) is 28.1. The Labute approximate surface area is 352 Å². The van der Waals surface area contributed by atoms with Crippen molar-refractivity contribution in [2.45, 2.75) is 206 Å². The Morgan fingerprint density at radius 3 is 1.47 bits per heavy atom. The molecule has 0 saturated heterocycles. The number of carboxylic acid groups (broad SMARTS) is 1. The van der Waals surface area contributed by atoms with Gasteiger partial charge in [-0.05, 0) is 70.6 Å². The van der Waals surface area contributed by atoms with Gasteiger partial charge in [-0.1, -0.05) is 159 Å². The molecule has 0 rings (SSSR count). The number of phosphoric acid groups is 1. The highest BCUT2D eigenvalue weighted by Crippen LogP contribution is 2.43. The summed E-state index contributed by atoms with van der Waals surface area (Å²) in [7, 11) is -4.72. The molecule has 0 aliphatic heterocycles. The summed E-state index contributed by atoms with van der Waals surface area (Å²) in [5.74, 6) is -2.40. The van der Waals surface area contributed by atoms with Crippen LogP contribution in [0.5, 0.6) is 0 Å². The van der Waals surface area contributed by atoms with Crippen molar-refractivity contribution in [3.8, 4) is 0 Å². The first-order valence-corrected chi connectivity index (χ1v) is 24.2. The second kappa shape index (κ2) is 41.2. The molecule has 11 nitrogen and oxygen atoms in total. The molecule has 336 valence electrons. The number of carbonyl (C=O) groups excluding carboxylic acids is 2. The van der Waals surface area contributed by atoms with Gasteiger partial charge in [-0.25, -0.2) is 4.57 Å². The summed E-state index contributed by atoms with van der Waals surface area (Å²) in [4.78, 5) is 46.0. The third-order valence-electron chi connectivity index (χ3n) is 9.56. The molecule has 0 heterocycles. The van der Waals surface area contributed by atoms with E-state index in [1.165, 1.54) is 83.5 Å². The maximum atomic E-state index is 12.6. The molecule has 0 amide bonds. The van der Waals surface area contributed by atoms with E-state index < -0.39 is 51.1 Å². The fraction of sp³-hybridized carbons (Fsp3) is 0.761. The lowest BCUT2D eigenvalue weighted by atomic mass is 10.1. The highest BCUT2D eigenvalue weighted by atomic mass is 31.2. The predicted molar refractivity (Wildman–Crippen MR) is 235 cm³/mol. The van der Waals surface area contributed by atoms with Crippen LogP contribution in [0.3, 0.4) is 0 Å². The average molecular weight is 840 g/mol. The van der Waals surface area contributed by atoms with E-state index in [0.717, 1.165) is 70.6 Å².